The minimum absolute atomic E-state index is 0. The molecule has 1 aliphatic rings. The summed E-state index contributed by atoms with van der Waals surface area (Å²) in [6.07, 6.45) is 3.58. The molecule has 1 atom stereocenters. The number of amides is 1. The Morgan fingerprint density at radius 3 is 2.32 bits per heavy atom. The van der Waals surface area contributed by atoms with Gasteiger partial charge in [0.05, 0.1) is 18.8 Å². The molecule has 1 amide bonds. The zero-order chi connectivity index (χ0) is 20.2. The van der Waals surface area contributed by atoms with E-state index in [0.29, 0.717) is 38.7 Å². The smallest absolute Gasteiger partial charge is 0.410 e. The van der Waals surface area contributed by atoms with Crippen LogP contribution in [-0.4, -0.2) is 89.0 Å². The van der Waals surface area contributed by atoms with E-state index < -0.39 is 5.60 Å². The number of likely N-dealkylation sites (N-methyl/N-ethyl adjacent to an activating group) is 1. The lowest BCUT2D eigenvalue weighted by Crippen LogP contribution is -2.53. The van der Waals surface area contributed by atoms with Crippen LogP contribution in [0.2, 0.25) is 0 Å². The van der Waals surface area contributed by atoms with E-state index in [0.717, 1.165) is 5.56 Å². The first-order valence-electron chi connectivity index (χ1n) is 9.24. The summed E-state index contributed by atoms with van der Waals surface area (Å²) in [7, 11) is 5.93. The molecule has 1 aromatic rings. The molecule has 1 saturated heterocycles. The fraction of sp³-hybridized carbons (Fsp3) is 0.722. The molecule has 2 N–H and O–H groups in total. The first kappa shape index (κ1) is 24.5. The van der Waals surface area contributed by atoms with E-state index in [1.165, 1.54) is 0 Å². The zero-order valence-corrected chi connectivity index (χ0v) is 20.1. The number of hydrogen-bond donors (Lipinski definition) is 1. The minimum Gasteiger partial charge on any atom is -0.444 e. The number of nitrogens with zero attached hydrogens (tertiary/aromatic N) is 6. The van der Waals surface area contributed by atoms with E-state index in [-0.39, 0.29) is 36.1 Å². The standard InChI is InChI=1S/C18H33N7O2.HI/c1-18(2,3)27-17(26)25-9-7-24(8-10-25)16(19)20-12-15(22(4)5)14-11-21-23(6)13-14;/h11,13,15H,7-10,12H2,1-6H3,(H2,19,20);1H. The van der Waals surface area contributed by atoms with Gasteiger partial charge in [-0.3, -0.25) is 9.67 Å². The summed E-state index contributed by atoms with van der Waals surface area (Å²) < 4.78 is 7.21. The van der Waals surface area contributed by atoms with Gasteiger partial charge in [0.15, 0.2) is 5.96 Å². The molecule has 1 aliphatic heterocycles. The average molecular weight is 507 g/mol. The van der Waals surface area contributed by atoms with Crippen LogP contribution in [0.15, 0.2) is 17.4 Å². The number of aliphatic imine (C=N–C) groups is 1. The molecule has 0 saturated carbocycles. The molecule has 9 nitrogen and oxygen atoms in total. The highest BCUT2D eigenvalue weighted by Crippen LogP contribution is 2.18. The number of guanidine groups is 1. The largest absolute Gasteiger partial charge is 0.444 e. The first-order valence-corrected chi connectivity index (χ1v) is 9.24. The molecule has 28 heavy (non-hydrogen) atoms. The summed E-state index contributed by atoms with van der Waals surface area (Å²) >= 11 is 0. The fourth-order valence-electron chi connectivity index (χ4n) is 2.90. The quantitative estimate of drug-likeness (QED) is 0.378. The topological polar surface area (TPSA) is 92.2 Å². The summed E-state index contributed by atoms with van der Waals surface area (Å²) in [5, 5.41) is 4.24. The lowest BCUT2D eigenvalue weighted by atomic mass is 10.1. The number of hydrogen-bond acceptors (Lipinski definition) is 5. The Kier molecular flexibility index (Phi) is 8.99. The molecule has 1 aromatic heterocycles. The summed E-state index contributed by atoms with van der Waals surface area (Å²) in [5.74, 6) is 0.509. The Hall–Kier alpha value is -1.56. The van der Waals surface area contributed by atoms with Crippen LogP contribution in [0.1, 0.15) is 32.4 Å². The Balaban J connectivity index is 0.00000392. The van der Waals surface area contributed by atoms with Crippen LogP contribution in [0.4, 0.5) is 4.79 Å². The van der Waals surface area contributed by atoms with Crippen molar-refractivity contribution in [1.29, 1.82) is 0 Å². The van der Waals surface area contributed by atoms with Gasteiger partial charge in [0.2, 0.25) is 0 Å². The summed E-state index contributed by atoms with van der Waals surface area (Å²) in [6.45, 7) is 8.61. The van der Waals surface area contributed by atoms with Crippen molar-refractivity contribution < 1.29 is 9.53 Å². The second-order valence-electron chi connectivity index (χ2n) is 8.08. The maximum atomic E-state index is 12.1. The lowest BCUT2D eigenvalue weighted by Gasteiger charge is -2.36. The van der Waals surface area contributed by atoms with E-state index >= 15 is 0 Å². The van der Waals surface area contributed by atoms with Crippen LogP contribution < -0.4 is 5.73 Å². The monoisotopic (exact) mass is 507 g/mol. The Morgan fingerprint density at radius 1 is 1.29 bits per heavy atom. The maximum Gasteiger partial charge on any atom is 0.410 e. The van der Waals surface area contributed by atoms with Gasteiger partial charge < -0.3 is 25.2 Å². The second-order valence-corrected chi connectivity index (χ2v) is 8.08. The maximum absolute atomic E-state index is 12.1. The average Bonchev–Trinajstić information content (AvgIpc) is 2.99. The number of aromatic nitrogens is 2. The SMILES string of the molecule is CN(C)C(CN=C(N)N1CCN(C(=O)OC(C)(C)C)CC1)c1cnn(C)c1.I. The van der Waals surface area contributed by atoms with E-state index in [1.807, 2.05) is 59.2 Å². The Morgan fingerprint density at radius 2 is 1.86 bits per heavy atom. The third-order valence-electron chi connectivity index (χ3n) is 4.41. The Labute approximate surface area is 184 Å². The minimum atomic E-state index is -0.484. The normalized spacial score (nSPS) is 16.8. The molecule has 10 heteroatoms. The predicted octanol–water partition coefficient (Wildman–Crippen LogP) is 1.51. The van der Waals surface area contributed by atoms with Crippen molar-refractivity contribution in [3.63, 3.8) is 0 Å². The highest BCUT2D eigenvalue weighted by molar-refractivity contribution is 14.0. The first-order chi connectivity index (χ1) is 12.6. The van der Waals surface area contributed by atoms with Crippen molar-refractivity contribution in [3.05, 3.63) is 18.0 Å². The molecule has 1 unspecified atom stereocenters. The second kappa shape index (κ2) is 10.3. The highest BCUT2D eigenvalue weighted by atomic mass is 127. The molecule has 160 valence electrons. The van der Waals surface area contributed by atoms with Gasteiger partial charge in [-0.2, -0.15) is 5.10 Å². The highest BCUT2D eigenvalue weighted by Gasteiger charge is 2.26. The van der Waals surface area contributed by atoms with Gasteiger partial charge in [0.1, 0.15) is 5.60 Å². The molecule has 1 fully saturated rings. The molecule has 0 aliphatic carbocycles. The number of piperazine rings is 1. The number of aryl methyl sites for hydroxylation is 1. The summed E-state index contributed by atoms with van der Waals surface area (Å²) in [5.41, 5.74) is 6.83. The van der Waals surface area contributed by atoms with Crippen molar-refractivity contribution in [1.82, 2.24) is 24.5 Å². The third-order valence-corrected chi connectivity index (χ3v) is 4.41. The molecule has 2 rings (SSSR count). The number of carbonyl (C=O) groups excluding carboxylic acids is 1. The van der Waals surface area contributed by atoms with E-state index in [9.17, 15) is 4.79 Å². The van der Waals surface area contributed by atoms with Gasteiger partial charge in [-0.15, -0.1) is 24.0 Å². The third kappa shape index (κ3) is 7.12. The molecule has 0 bridgehead atoms. The van der Waals surface area contributed by atoms with E-state index in [2.05, 4.69) is 15.0 Å². The van der Waals surface area contributed by atoms with Crippen LogP contribution in [0.25, 0.3) is 0 Å². The zero-order valence-electron chi connectivity index (χ0n) is 17.8. The van der Waals surface area contributed by atoms with Crippen LogP contribution >= 0.6 is 24.0 Å². The van der Waals surface area contributed by atoms with Gasteiger partial charge in [-0.25, -0.2) is 4.79 Å². The van der Waals surface area contributed by atoms with Crippen LogP contribution in [0, 0.1) is 0 Å². The van der Waals surface area contributed by atoms with Gasteiger partial charge in [-0.05, 0) is 34.9 Å². The molecule has 0 aromatic carbocycles. The number of halogens is 1. The predicted molar refractivity (Wildman–Crippen MR) is 121 cm³/mol. The molecule has 2 heterocycles. The van der Waals surface area contributed by atoms with Crippen molar-refractivity contribution in [3.8, 4) is 0 Å². The number of ether oxygens (including phenoxy) is 1. The lowest BCUT2D eigenvalue weighted by molar-refractivity contribution is 0.0186. The van der Waals surface area contributed by atoms with Crippen LogP contribution in [0.5, 0.6) is 0 Å². The van der Waals surface area contributed by atoms with Crippen molar-refractivity contribution in [2.45, 2.75) is 32.4 Å². The van der Waals surface area contributed by atoms with Crippen molar-refractivity contribution in [2.24, 2.45) is 17.8 Å². The molecular formula is C18H34IN7O2. The number of carbonyl (C=O) groups is 1. The summed E-state index contributed by atoms with van der Waals surface area (Å²) in [6, 6.07) is 0.111. The van der Waals surface area contributed by atoms with E-state index in [1.54, 1.807) is 9.58 Å². The van der Waals surface area contributed by atoms with Gasteiger partial charge in [0, 0.05) is 45.0 Å². The van der Waals surface area contributed by atoms with Crippen molar-refractivity contribution in [2.75, 3.05) is 46.8 Å². The van der Waals surface area contributed by atoms with Gasteiger partial charge in [0.25, 0.3) is 0 Å². The van der Waals surface area contributed by atoms with E-state index in [4.69, 9.17) is 10.5 Å². The fourth-order valence-corrected chi connectivity index (χ4v) is 2.90. The van der Waals surface area contributed by atoms with Crippen LogP contribution in [0.3, 0.4) is 0 Å². The summed E-state index contributed by atoms with van der Waals surface area (Å²) in [4.78, 5) is 22.6. The molecule has 0 radical (unpaired) electrons. The van der Waals surface area contributed by atoms with Gasteiger partial charge >= 0.3 is 6.09 Å². The van der Waals surface area contributed by atoms with Gasteiger partial charge in [-0.1, -0.05) is 0 Å². The number of nitrogens with two attached hydrogens (primary N) is 1. The molecule has 0 spiro atoms. The Bertz CT molecular complexity index is 661. The molecular weight excluding hydrogens is 473 g/mol. The van der Waals surface area contributed by atoms with Crippen LogP contribution in [-0.2, 0) is 11.8 Å². The van der Waals surface area contributed by atoms with Crippen molar-refractivity contribution >= 4 is 36.0 Å². The number of rotatable bonds is 4.